The number of nitrogens with zero attached hydrogens (tertiary/aromatic N) is 6. The monoisotopic (exact) mass is 580 g/mol. The van der Waals surface area contributed by atoms with Crippen LogP contribution >= 0.6 is 0 Å². The molecule has 0 aliphatic rings. The van der Waals surface area contributed by atoms with Gasteiger partial charge >= 0.3 is 12.5 Å². The highest BCUT2D eigenvalue weighted by Gasteiger charge is 2.34. The number of hydrogen-bond acceptors (Lipinski definition) is 9. The van der Waals surface area contributed by atoms with E-state index in [1.165, 1.54) is 12.1 Å². The lowest BCUT2D eigenvalue weighted by Crippen LogP contribution is -2.16. The predicted octanol–water partition coefficient (Wildman–Crippen LogP) is 7.01. The normalized spacial score (nSPS) is 12.0. The third kappa shape index (κ3) is 9.08. The third-order valence-electron chi connectivity index (χ3n) is 5.14. The Morgan fingerprint density at radius 3 is 2.29 bits per heavy atom. The molecule has 9 nitrogen and oxygen atoms in total. The van der Waals surface area contributed by atoms with Crippen molar-refractivity contribution in [3.63, 3.8) is 0 Å². The zero-order chi connectivity index (χ0) is 29.5. The van der Waals surface area contributed by atoms with E-state index in [0.29, 0.717) is 30.7 Å². The molecule has 0 aliphatic heterocycles. The molecule has 0 saturated heterocycles. The van der Waals surface area contributed by atoms with Gasteiger partial charge in [-0.05, 0) is 53.9 Å². The van der Waals surface area contributed by atoms with Crippen LogP contribution in [-0.2, 0) is 19.1 Å². The molecule has 0 radical (unpaired) electrons. The first-order valence-electron chi connectivity index (χ1n) is 11.7. The Balaban J connectivity index is 1.52. The van der Waals surface area contributed by atoms with Crippen LogP contribution in [0.3, 0.4) is 0 Å². The average Bonchev–Trinajstić information content (AvgIpc) is 2.90. The van der Waals surface area contributed by atoms with E-state index in [0.717, 1.165) is 23.8 Å². The fourth-order valence-corrected chi connectivity index (χ4v) is 3.34. The van der Waals surface area contributed by atoms with Gasteiger partial charge in [0.25, 0.3) is 5.95 Å². The van der Waals surface area contributed by atoms with E-state index in [2.05, 4.69) is 45.5 Å². The molecule has 2 aromatic heterocycles. The fourth-order valence-electron chi connectivity index (χ4n) is 3.34. The maximum atomic E-state index is 13.7. The van der Waals surface area contributed by atoms with Crippen LogP contribution in [0.4, 0.5) is 54.3 Å². The Morgan fingerprint density at radius 2 is 1.61 bits per heavy atom. The summed E-state index contributed by atoms with van der Waals surface area (Å²) in [7, 11) is 0. The van der Waals surface area contributed by atoms with Crippen molar-refractivity contribution in [1.29, 1.82) is 0 Å². The molecule has 0 spiro atoms. The van der Waals surface area contributed by atoms with Gasteiger partial charge in [-0.2, -0.15) is 33.2 Å². The van der Waals surface area contributed by atoms with E-state index in [1.54, 1.807) is 18.5 Å². The van der Waals surface area contributed by atoms with Crippen molar-refractivity contribution < 1.29 is 35.5 Å². The molecule has 0 saturated carbocycles. The summed E-state index contributed by atoms with van der Waals surface area (Å²) in [5.41, 5.74) is -0.199. The van der Waals surface area contributed by atoms with E-state index >= 15 is 0 Å². The Kier molecular flexibility index (Phi) is 8.89. The quantitative estimate of drug-likeness (QED) is 0.153. The summed E-state index contributed by atoms with van der Waals surface area (Å²) in [5, 5.41) is 13.4. The maximum Gasteiger partial charge on any atom is 0.573 e. The van der Waals surface area contributed by atoms with Gasteiger partial charge in [-0.1, -0.05) is 18.2 Å². The van der Waals surface area contributed by atoms with Crippen LogP contribution in [0.15, 0.2) is 77.2 Å². The number of hydrogen-bond donors (Lipinski definition) is 2. The Hall–Kier alpha value is -4.89. The number of ether oxygens (including phenoxy) is 1. The van der Waals surface area contributed by atoms with Gasteiger partial charge in [-0.15, -0.1) is 18.3 Å². The highest BCUT2D eigenvalue weighted by atomic mass is 19.4. The second-order valence-corrected chi connectivity index (χ2v) is 8.23. The lowest BCUT2D eigenvalue weighted by atomic mass is 10.2. The highest BCUT2D eigenvalue weighted by molar-refractivity contribution is 5.56. The summed E-state index contributed by atoms with van der Waals surface area (Å²) in [6, 6.07) is 10.9. The molecule has 214 valence electrons. The number of halogens is 7. The minimum Gasteiger partial charge on any atom is -0.406 e. The molecular formula is C25H19F7N8O. The second kappa shape index (κ2) is 12.5. The van der Waals surface area contributed by atoms with Crippen LogP contribution in [0.1, 0.15) is 16.7 Å². The largest absolute Gasteiger partial charge is 0.573 e. The van der Waals surface area contributed by atoms with E-state index in [4.69, 9.17) is 0 Å². The van der Waals surface area contributed by atoms with Crippen molar-refractivity contribution in [2.45, 2.75) is 25.5 Å². The van der Waals surface area contributed by atoms with Crippen molar-refractivity contribution in [2.24, 2.45) is 10.2 Å². The van der Waals surface area contributed by atoms with Crippen LogP contribution in [0.2, 0.25) is 0 Å². The minimum absolute atomic E-state index is 0.0205. The van der Waals surface area contributed by atoms with E-state index in [-0.39, 0.29) is 30.1 Å². The van der Waals surface area contributed by atoms with Crippen molar-refractivity contribution >= 4 is 23.5 Å². The zero-order valence-corrected chi connectivity index (χ0v) is 20.7. The number of alkyl halides is 6. The predicted molar refractivity (Wildman–Crippen MR) is 132 cm³/mol. The summed E-state index contributed by atoms with van der Waals surface area (Å²) >= 11 is 0. The van der Waals surface area contributed by atoms with Crippen molar-refractivity contribution in [3.8, 4) is 5.75 Å². The van der Waals surface area contributed by atoms with Crippen molar-refractivity contribution in [1.82, 2.24) is 19.9 Å². The maximum absolute atomic E-state index is 13.7. The Bertz CT molecular complexity index is 1480. The molecule has 0 atom stereocenters. The van der Waals surface area contributed by atoms with Crippen LogP contribution < -0.4 is 15.4 Å². The molecule has 2 heterocycles. The van der Waals surface area contributed by atoms with Gasteiger partial charge in [0.2, 0.25) is 11.9 Å². The number of benzene rings is 2. The van der Waals surface area contributed by atoms with Crippen LogP contribution in [0.5, 0.6) is 5.75 Å². The second-order valence-electron chi connectivity index (χ2n) is 8.23. The molecule has 0 fully saturated rings. The number of rotatable bonds is 10. The highest BCUT2D eigenvalue weighted by Crippen LogP contribution is 2.33. The smallest absolute Gasteiger partial charge is 0.406 e. The molecule has 4 aromatic rings. The summed E-state index contributed by atoms with van der Waals surface area (Å²) in [4.78, 5) is 16.3. The van der Waals surface area contributed by atoms with Crippen LogP contribution in [-0.4, -0.2) is 32.8 Å². The molecule has 0 bridgehead atoms. The van der Waals surface area contributed by atoms with Gasteiger partial charge in [0.1, 0.15) is 11.6 Å². The van der Waals surface area contributed by atoms with Gasteiger partial charge in [-0.25, -0.2) is 4.39 Å². The molecule has 0 unspecified atom stereocenters. The zero-order valence-electron chi connectivity index (χ0n) is 20.7. The molecule has 2 aromatic carbocycles. The van der Waals surface area contributed by atoms with E-state index in [9.17, 15) is 30.7 Å². The Morgan fingerprint density at radius 1 is 0.854 bits per heavy atom. The van der Waals surface area contributed by atoms with Crippen LogP contribution in [0, 0.1) is 5.82 Å². The SMILES string of the molecule is Fc1ccc(Nc2nc(N=NCc3ccc(OC(F)(F)F)cc3)nc(NCCc3cccnc3)n2)cc1C(F)(F)F. The lowest BCUT2D eigenvalue weighted by molar-refractivity contribution is -0.274. The molecule has 16 heteroatoms. The third-order valence-corrected chi connectivity index (χ3v) is 5.14. The number of anilines is 3. The Labute approximate surface area is 227 Å². The van der Waals surface area contributed by atoms with Crippen molar-refractivity contribution in [3.05, 3.63) is 89.5 Å². The first-order chi connectivity index (χ1) is 19.4. The molecule has 4 rings (SSSR count). The fraction of sp³-hybridized carbons (Fsp3) is 0.200. The van der Waals surface area contributed by atoms with Gasteiger partial charge in [0.15, 0.2) is 0 Å². The standard InChI is InChI=1S/C25H19F7N8O/c26-20-8-5-17(12-19(20)24(27,28)29)36-22-37-21(34-11-9-15-2-1-10-33-13-15)38-23(39-22)40-35-14-16-3-6-18(7-4-16)41-25(30,31)32/h1-8,10,12-13H,9,11,14H2,(H2,34,36,37,38,39). The first kappa shape index (κ1) is 29.1. The average molecular weight is 580 g/mol. The molecular weight excluding hydrogens is 561 g/mol. The first-order valence-corrected chi connectivity index (χ1v) is 11.7. The summed E-state index contributed by atoms with van der Waals surface area (Å²) in [6.45, 7) is 0.296. The minimum atomic E-state index is -4.92. The summed E-state index contributed by atoms with van der Waals surface area (Å²) in [5.74, 6) is -2.24. The van der Waals surface area contributed by atoms with Gasteiger partial charge in [0, 0.05) is 24.6 Å². The molecule has 41 heavy (non-hydrogen) atoms. The van der Waals surface area contributed by atoms with Gasteiger partial charge < -0.3 is 15.4 Å². The van der Waals surface area contributed by atoms with Gasteiger partial charge in [0.05, 0.1) is 12.1 Å². The number of azo groups is 1. The molecule has 2 N–H and O–H groups in total. The van der Waals surface area contributed by atoms with Crippen LogP contribution in [0.25, 0.3) is 0 Å². The number of pyridine rings is 1. The molecule has 0 amide bonds. The summed E-state index contributed by atoms with van der Waals surface area (Å²) < 4.78 is 93.9. The van der Waals surface area contributed by atoms with Gasteiger partial charge in [-0.3, -0.25) is 4.98 Å². The number of nitrogens with one attached hydrogen (secondary N) is 2. The van der Waals surface area contributed by atoms with Crippen molar-refractivity contribution in [2.75, 3.05) is 17.2 Å². The molecule has 0 aliphatic carbocycles. The number of aromatic nitrogens is 4. The lowest BCUT2D eigenvalue weighted by Gasteiger charge is -2.12. The topological polar surface area (TPSA) is 110 Å². The summed E-state index contributed by atoms with van der Waals surface area (Å²) in [6.07, 6.45) is -5.90. The van der Waals surface area contributed by atoms with E-state index < -0.39 is 29.7 Å². The van der Waals surface area contributed by atoms with E-state index in [1.807, 2.05) is 6.07 Å².